The smallest absolute Gasteiger partial charge is 0.327 e. The predicted molar refractivity (Wildman–Crippen MR) is 75.3 cm³/mol. The highest BCUT2D eigenvalue weighted by Crippen LogP contribution is 2.29. The minimum absolute atomic E-state index is 0.232. The first kappa shape index (κ1) is 14.6. The van der Waals surface area contributed by atoms with Crippen LogP contribution in [0.5, 0.6) is 0 Å². The van der Waals surface area contributed by atoms with E-state index in [-0.39, 0.29) is 5.37 Å². The van der Waals surface area contributed by atoms with Gasteiger partial charge >= 0.3 is 12.0 Å². The molecule has 1 saturated heterocycles. The van der Waals surface area contributed by atoms with Crippen LogP contribution in [0.2, 0.25) is 0 Å². The van der Waals surface area contributed by atoms with Crippen LogP contribution in [0.3, 0.4) is 0 Å². The summed E-state index contributed by atoms with van der Waals surface area (Å²) in [4.78, 5) is 24.6. The molecule has 0 saturated carbocycles. The number of urea groups is 1. The molecule has 7 heteroatoms. The van der Waals surface area contributed by atoms with Crippen molar-refractivity contribution in [2.45, 2.75) is 25.3 Å². The highest BCUT2D eigenvalue weighted by atomic mass is 32.2. The van der Waals surface area contributed by atoms with Crippen LogP contribution in [-0.2, 0) is 4.79 Å². The van der Waals surface area contributed by atoms with Gasteiger partial charge in [0.25, 0.3) is 0 Å². The Morgan fingerprint density at radius 3 is 2.85 bits per heavy atom. The topological polar surface area (TPSA) is 69.6 Å². The van der Waals surface area contributed by atoms with Crippen molar-refractivity contribution in [2.24, 2.45) is 0 Å². The second-order valence-electron chi connectivity index (χ2n) is 4.58. The number of halogens is 1. The Morgan fingerprint density at radius 2 is 2.20 bits per heavy atom. The van der Waals surface area contributed by atoms with Crippen LogP contribution in [0.1, 0.15) is 12.5 Å². The molecule has 0 spiro atoms. The molecule has 1 heterocycles. The van der Waals surface area contributed by atoms with Crippen LogP contribution in [0.4, 0.5) is 14.9 Å². The number of nitrogens with one attached hydrogen (secondary N) is 1. The summed E-state index contributed by atoms with van der Waals surface area (Å²) in [5.74, 6) is -1.14. The molecule has 1 aliphatic heterocycles. The fourth-order valence-corrected chi connectivity index (χ4v) is 3.22. The van der Waals surface area contributed by atoms with Crippen molar-refractivity contribution in [3.8, 4) is 0 Å². The lowest BCUT2D eigenvalue weighted by molar-refractivity contribution is -0.141. The molecule has 1 aliphatic rings. The van der Waals surface area contributed by atoms with Gasteiger partial charge in [-0.3, -0.25) is 4.90 Å². The van der Waals surface area contributed by atoms with Crippen LogP contribution in [0.25, 0.3) is 0 Å². The first-order valence-corrected chi connectivity index (χ1v) is 7.15. The molecule has 20 heavy (non-hydrogen) atoms. The quantitative estimate of drug-likeness (QED) is 0.880. The zero-order chi connectivity index (χ0) is 14.9. The van der Waals surface area contributed by atoms with E-state index in [0.29, 0.717) is 17.0 Å². The van der Waals surface area contributed by atoms with Crippen molar-refractivity contribution >= 4 is 29.4 Å². The number of aliphatic carboxylic acids is 1. The Kier molecular flexibility index (Phi) is 4.17. The van der Waals surface area contributed by atoms with E-state index in [1.165, 1.54) is 28.8 Å². The number of carboxylic acid groups (broad SMARTS) is 1. The van der Waals surface area contributed by atoms with Crippen molar-refractivity contribution < 1.29 is 19.1 Å². The Bertz CT molecular complexity index is 552. The van der Waals surface area contributed by atoms with Gasteiger partial charge in [-0.05, 0) is 31.5 Å². The fraction of sp³-hybridized carbons (Fsp3) is 0.385. The molecular formula is C13H15FN2O3S. The number of aryl methyl sites for hydroxylation is 1. The Morgan fingerprint density at radius 1 is 1.50 bits per heavy atom. The Hall–Kier alpha value is -1.76. The maximum Gasteiger partial charge on any atom is 0.327 e. The molecule has 5 nitrogen and oxygen atoms in total. The van der Waals surface area contributed by atoms with Gasteiger partial charge in [-0.15, -0.1) is 11.8 Å². The molecule has 1 aromatic rings. The van der Waals surface area contributed by atoms with Gasteiger partial charge < -0.3 is 10.4 Å². The van der Waals surface area contributed by atoms with Crippen molar-refractivity contribution in [1.82, 2.24) is 4.90 Å². The first-order chi connectivity index (χ1) is 9.40. The summed E-state index contributed by atoms with van der Waals surface area (Å²) in [5, 5.41) is 11.5. The third kappa shape index (κ3) is 2.87. The molecule has 0 bridgehead atoms. The van der Waals surface area contributed by atoms with E-state index in [9.17, 15) is 14.0 Å². The largest absolute Gasteiger partial charge is 0.480 e. The molecular weight excluding hydrogens is 283 g/mol. The Balaban J connectivity index is 2.18. The molecule has 2 amide bonds. The lowest BCUT2D eigenvalue weighted by Crippen LogP contribution is -2.46. The summed E-state index contributed by atoms with van der Waals surface area (Å²) in [6, 6.07) is 2.70. The molecule has 0 radical (unpaired) electrons. The molecule has 2 rings (SSSR count). The van der Waals surface area contributed by atoms with E-state index in [2.05, 4.69) is 5.32 Å². The molecule has 0 aromatic heterocycles. The number of hydrogen-bond donors (Lipinski definition) is 2. The summed E-state index contributed by atoms with van der Waals surface area (Å²) in [6.45, 7) is 3.51. The molecule has 1 fully saturated rings. The predicted octanol–water partition coefficient (Wildman–Crippen LogP) is 2.51. The zero-order valence-corrected chi connectivity index (χ0v) is 11.9. The summed E-state index contributed by atoms with van der Waals surface area (Å²) >= 11 is 1.40. The minimum Gasteiger partial charge on any atom is -0.480 e. The van der Waals surface area contributed by atoms with E-state index >= 15 is 0 Å². The number of anilines is 1. The highest BCUT2D eigenvalue weighted by Gasteiger charge is 2.39. The summed E-state index contributed by atoms with van der Waals surface area (Å²) < 4.78 is 13.2. The van der Waals surface area contributed by atoms with Crippen molar-refractivity contribution in [2.75, 3.05) is 11.1 Å². The number of benzene rings is 1. The highest BCUT2D eigenvalue weighted by molar-refractivity contribution is 8.00. The fourth-order valence-electron chi connectivity index (χ4n) is 2.05. The molecule has 2 N–H and O–H groups in total. The van der Waals surface area contributed by atoms with Gasteiger partial charge in [0, 0.05) is 11.4 Å². The van der Waals surface area contributed by atoms with Gasteiger partial charge in [-0.2, -0.15) is 0 Å². The maximum atomic E-state index is 13.2. The van der Waals surface area contributed by atoms with Gasteiger partial charge in [-0.25, -0.2) is 14.0 Å². The lowest BCUT2D eigenvalue weighted by Gasteiger charge is -2.25. The van der Waals surface area contributed by atoms with Gasteiger partial charge in [0.05, 0.1) is 5.37 Å². The standard InChI is InChI=1S/C13H15FN2O3S/c1-7-3-4-9(14)5-10(7)15-13(19)16-8(2)20-6-11(16)12(17)18/h3-5,8,11H,6H2,1-2H3,(H,15,19)(H,17,18). The lowest BCUT2D eigenvalue weighted by atomic mass is 10.2. The van der Waals surface area contributed by atoms with E-state index in [1.807, 2.05) is 0 Å². The van der Waals surface area contributed by atoms with Crippen LogP contribution >= 0.6 is 11.8 Å². The number of nitrogens with zero attached hydrogens (tertiary/aromatic N) is 1. The summed E-state index contributed by atoms with van der Waals surface area (Å²) in [7, 11) is 0. The third-order valence-corrected chi connectivity index (χ3v) is 4.40. The van der Waals surface area contributed by atoms with E-state index in [4.69, 9.17) is 5.11 Å². The maximum absolute atomic E-state index is 13.2. The number of carbonyl (C=O) groups is 2. The van der Waals surface area contributed by atoms with Crippen molar-refractivity contribution in [3.63, 3.8) is 0 Å². The van der Waals surface area contributed by atoms with Gasteiger partial charge in [-0.1, -0.05) is 6.07 Å². The summed E-state index contributed by atoms with van der Waals surface area (Å²) in [6.07, 6.45) is 0. The molecule has 2 unspecified atom stereocenters. The minimum atomic E-state index is -1.03. The number of thioether (sulfide) groups is 1. The SMILES string of the molecule is Cc1ccc(F)cc1NC(=O)N1C(C)SCC1C(=O)O. The number of amides is 2. The number of hydrogen-bond acceptors (Lipinski definition) is 3. The van der Waals surface area contributed by atoms with Gasteiger partial charge in [0.1, 0.15) is 11.9 Å². The molecule has 1 aromatic carbocycles. The van der Waals surface area contributed by atoms with E-state index < -0.39 is 23.9 Å². The second kappa shape index (κ2) is 5.70. The normalized spacial score (nSPS) is 21.9. The molecule has 0 aliphatic carbocycles. The first-order valence-electron chi connectivity index (χ1n) is 6.10. The van der Waals surface area contributed by atoms with E-state index in [1.54, 1.807) is 19.9 Å². The van der Waals surface area contributed by atoms with Gasteiger partial charge in [0.2, 0.25) is 0 Å². The average Bonchev–Trinajstić information content (AvgIpc) is 2.76. The van der Waals surface area contributed by atoms with Crippen LogP contribution in [0.15, 0.2) is 18.2 Å². The monoisotopic (exact) mass is 298 g/mol. The van der Waals surface area contributed by atoms with Crippen molar-refractivity contribution in [1.29, 1.82) is 0 Å². The zero-order valence-electron chi connectivity index (χ0n) is 11.1. The molecule has 108 valence electrons. The van der Waals surface area contributed by atoms with Crippen LogP contribution < -0.4 is 5.32 Å². The Labute approximate surface area is 120 Å². The van der Waals surface area contributed by atoms with Crippen LogP contribution in [0, 0.1) is 12.7 Å². The number of carboxylic acids is 1. The number of rotatable bonds is 2. The van der Waals surface area contributed by atoms with Crippen LogP contribution in [-0.4, -0.2) is 39.2 Å². The van der Waals surface area contributed by atoms with Gasteiger partial charge in [0.15, 0.2) is 0 Å². The van der Waals surface area contributed by atoms with E-state index in [0.717, 1.165) is 0 Å². The summed E-state index contributed by atoms with van der Waals surface area (Å²) in [5.41, 5.74) is 1.06. The molecule has 2 atom stereocenters. The second-order valence-corrected chi connectivity index (χ2v) is 5.93. The average molecular weight is 298 g/mol. The van der Waals surface area contributed by atoms with Crippen molar-refractivity contribution in [3.05, 3.63) is 29.6 Å². The number of carbonyl (C=O) groups excluding carboxylic acids is 1. The third-order valence-electron chi connectivity index (χ3n) is 3.18.